The van der Waals surface area contributed by atoms with E-state index in [4.69, 9.17) is 14.6 Å². The summed E-state index contributed by atoms with van der Waals surface area (Å²) in [4.78, 5) is 25.9. The van der Waals surface area contributed by atoms with Crippen LogP contribution in [0.2, 0.25) is 0 Å². The second-order valence-electron chi connectivity index (χ2n) is 4.01. The average molecular weight is 263 g/mol. The Kier molecular flexibility index (Phi) is 3.16. The van der Waals surface area contributed by atoms with Crippen molar-refractivity contribution < 1.29 is 19.4 Å². The first-order chi connectivity index (χ1) is 8.99. The highest BCUT2D eigenvalue weighted by atomic mass is 16.5. The van der Waals surface area contributed by atoms with E-state index < -0.39 is 5.97 Å². The van der Waals surface area contributed by atoms with Gasteiger partial charge in [-0.15, -0.1) is 0 Å². The molecule has 0 aliphatic rings. The minimum Gasteiger partial charge on any atom is -0.493 e. The number of hydrogen-bond acceptors (Lipinski definition) is 4. The predicted molar refractivity (Wildman–Crippen MR) is 69.4 cm³/mol. The van der Waals surface area contributed by atoms with Crippen LogP contribution in [0.4, 0.5) is 0 Å². The number of rotatable bonds is 3. The van der Waals surface area contributed by atoms with E-state index in [-0.39, 0.29) is 16.7 Å². The molecule has 0 aliphatic heterocycles. The third kappa shape index (κ3) is 2.01. The van der Waals surface area contributed by atoms with Crippen LogP contribution < -0.4 is 14.9 Å². The molecule has 6 heteroatoms. The number of aromatic carboxylic acids is 1. The molecule has 2 rings (SSSR count). The molecular formula is C13H13NO5. The van der Waals surface area contributed by atoms with E-state index in [1.807, 2.05) is 0 Å². The summed E-state index contributed by atoms with van der Waals surface area (Å²) in [6.45, 7) is 1.47. The van der Waals surface area contributed by atoms with Gasteiger partial charge in [0.05, 0.1) is 19.7 Å². The number of pyridine rings is 1. The number of H-pyrrole nitrogens is 1. The summed E-state index contributed by atoms with van der Waals surface area (Å²) in [5.41, 5.74) is 0.0923. The molecule has 100 valence electrons. The van der Waals surface area contributed by atoms with Crippen LogP contribution in [0.25, 0.3) is 10.9 Å². The van der Waals surface area contributed by atoms with E-state index in [1.165, 1.54) is 27.2 Å². The lowest BCUT2D eigenvalue weighted by Gasteiger charge is -2.10. The van der Waals surface area contributed by atoms with Crippen molar-refractivity contribution in [3.05, 3.63) is 33.6 Å². The number of benzene rings is 1. The van der Waals surface area contributed by atoms with E-state index in [9.17, 15) is 9.59 Å². The first-order valence-electron chi connectivity index (χ1n) is 5.51. The molecule has 2 aromatic rings. The fraction of sp³-hybridized carbons (Fsp3) is 0.231. The number of ether oxygens (including phenoxy) is 2. The highest BCUT2D eigenvalue weighted by Gasteiger charge is 2.16. The Bertz CT molecular complexity index is 717. The SMILES string of the molecule is COc1cc2[nH]c(C(=O)O)c(C)c(=O)c2cc1OC. The Hall–Kier alpha value is -2.50. The molecule has 0 aliphatic carbocycles. The van der Waals surface area contributed by atoms with Crippen molar-refractivity contribution >= 4 is 16.9 Å². The van der Waals surface area contributed by atoms with Crippen LogP contribution in [0.5, 0.6) is 11.5 Å². The Morgan fingerprint density at radius 3 is 2.32 bits per heavy atom. The smallest absolute Gasteiger partial charge is 0.352 e. The van der Waals surface area contributed by atoms with E-state index in [2.05, 4.69) is 4.98 Å². The number of aromatic nitrogens is 1. The average Bonchev–Trinajstić information content (AvgIpc) is 2.41. The summed E-state index contributed by atoms with van der Waals surface area (Å²) >= 11 is 0. The van der Waals surface area contributed by atoms with E-state index in [0.29, 0.717) is 22.4 Å². The molecule has 0 bridgehead atoms. The third-order valence-electron chi connectivity index (χ3n) is 2.96. The highest BCUT2D eigenvalue weighted by molar-refractivity contribution is 5.92. The highest BCUT2D eigenvalue weighted by Crippen LogP contribution is 2.30. The van der Waals surface area contributed by atoms with Crippen molar-refractivity contribution in [1.29, 1.82) is 0 Å². The fourth-order valence-electron chi connectivity index (χ4n) is 1.93. The summed E-state index contributed by atoms with van der Waals surface area (Å²) < 4.78 is 10.2. The maximum Gasteiger partial charge on any atom is 0.352 e. The zero-order valence-corrected chi connectivity index (χ0v) is 10.7. The lowest BCUT2D eigenvalue weighted by Crippen LogP contribution is -2.15. The van der Waals surface area contributed by atoms with Gasteiger partial charge in [-0.1, -0.05) is 0 Å². The zero-order chi connectivity index (χ0) is 14.2. The first kappa shape index (κ1) is 12.9. The monoisotopic (exact) mass is 263 g/mol. The Morgan fingerprint density at radius 1 is 1.21 bits per heavy atom. The van der Waals surface area contributed by atoms with Gasteiger partial charge in [0.25, 0.3) is 0 Å². The minimum absolute atomic E-state index is 0.121. The van der Waals surface area contributed by atoms with Crippen LogP contribution in [-0.4, -0.2) is 30.3 Å². The van der Waals surface area contributed by atoms with Gasteiger partial charge in [0.1, 0.15) is 5.69 Å². The lowest BCUT2D eigenvalue weighted by atomic mass is 10.1. The van der Waals surface area contributed by atoms with Crippen LogP contribution in [0.1, 0.15) is 16.1 Å². The third-order valence-corrected chi connectivity index (χ3v) is 2.96. The molecule has 1 aromatic carbocycles. The summed E-state index contributed by atoms with van der Waals surface area (Å²) in [6, 6.07) is 3.08. The molecular weight excluding hydrogens is 250 g/mol. The molecule has 0 amide bonds. The van der Waals surface area contributed by atoms with Crippen LogP contribution in [0.3, 0.4) is 0 Å². The molecule has 1 aromatic heterocycles. The molecule has 19 heavy (non-hydrogen) atoms. The first-order valence-corrected chi connectivity index (χ1v) is 5.51. The van der Waals surface area contributed by atoms with Gasteiger partial charge in [-0.2, -0.15) is 0 Å². The summed E-state index contributed by atoms with van der Waals surface area (Å²) in [7, 11) is 2.93. The zero-order valence-electron chi connectivity index (χ0n) is 10.7. The van der Waals surface area contributed by atoms with Crippen molar-refractivity contribution in [2.75, 3.05) is 14.2 Å². The fourth-order valence-corrected chi connectivity index (χ4v) is 1.93. The molecule has 6 nitrogen and oxygen atoms in total. The van der Waals surface area contributed by atoms with Crippen molar-refractivity contribution in [3.63, 3.8) is 0 Å². The van der Waals surface area contributed by atoms with Gasteiger partial charge in [0.15, 0.2) is 16.9 Å². The number of nitrogens with one attached hydrogen (secondary N) is 1. The second-order valence-corrected chi connectivity index (χ2v) is 4.01. The molecule has 2 N–H and O–H groups in total. The number of fused-ring (bicyclic) bond motifs is 1. The number of carbonyl (C=O) groups is 1. The van der Waals surface area contributed by atoms with Gasteiger partial charge in [-0.25, -0.2) is 4.79 Å². The van der Waals surface area contributed by atoms with Gasteiger partial charge < -0.3 is 19.6 Å². The van der Waals surface area contributed by atoms with Crippen molar-refractivity contribution in [2.45, 2.75) is 6.92 Å². The predicted octanol–water partition coefficient (Wildman–Crippen LogP) is 1.55. The number of aromatic amines is 1. The molecule has 0 unspecified atom stereocenters. The van der Waals surface area contributed by atoms with Gasteiger partial charge in [-0.05, 0) is 13.0 Å². The van der Waals surface area contributed by atoms with Crippen molar-refractivity contribution in [3.8, 4) is 11.5 Å². The largest absolute Gasteiger partial charge is 0.493 e. The van der Waals surface area contributed by atoms with Gasteiger partial charge in [0.2, 0.25) is 0 Å². The Labute approximate surface area is 108 Å². The van der Waals surface area contributed by atoms with Crippen molar-refractivity contribution in [2.24, 2.45) is 0 Å². The summed E-state index contributed by atoms with van der Waals surface area (Å²) in [5, 5.41) is 9.41. The molecule has 0 spiro atoms. The van der Waals surface area contributed by atoms with Crippen molar-refractivity contribution in [1.82, 2.24) is 4.98 Å². The molecule has 0 saturated carbocycles. The van der Waals surface area contributed by atoms with Gasteiger partial charge in [0, 0.05) is 17.0 Å². The number of carboxylic acids is 1. The normalized spacial score (nSPS) is 10.5. The Morgan fingerprint density at radius 2 is 1.79 bits per heavy atom. The molecule has 1 heterocycles. The van der Waals surface area contributed by atoms with E-state index in [0.717, 1.165) is 0 Å². The maximum atomic E-state index is 12.1. The Balaban J connectivity index is 2.89. The van der Waals surface area contributed by atoms with Gasteiger partial charge in [-0.3, -0.25) is 4.79 Å². The van der Waals surface area contributed by atoms with E-state index >= 15 is 0 Å². The summed E-state index contributed by atoms with van der Waals surface area (Å²) in [5.74, 6) is -0.333. The summed E-state index contributed by atoms with van der Waals surface area (Å²) in [6.07, 6.45) is 0. The van der Waals surface area contributed by atoms with E-state index in [1.54, 1.807) is 6.07 Å². The number of hydrogen-bond donors (Lipinski definition) is 2. The molecule has 0 fully saturated rings. The number of methoxy groups -OCH3 is 2. The maximum absolute atomic E-state index is 12.1. The van der Waals surface area contributed by atoms with Crippen LogP contribution >= 0.6 is 0 Å². The van der Waals surface area contributed by atoms with Crippen LogP contribution in [0.15, 0.2) is 16.9 Å². The van der Waals surface area contributed by atoms with Gasteiger partial charge >= 0.3 is 5.97 Å². The minimum atomic E-state index is -1.17. The topological polar surface area (TPSA) is 88.6 Å². The molecule has 0 atom stereocenters. The molecule has 0 radical (unpaired) electrons. The lowest BCUT2D eigenvalue weighted by molar-refractivity contribution is 0.0690. The second kappa shape index (κ2) is 4.64. The molecule has 0 saturated heterocycles. The number of carboxylic acid groups (broad SMARTS) is 1. The standard InChI is InChI=1S/C13H13NO5/c1-6-11(13(16)17)14-8-5-10(19-3)9(18-2)4-7(8)12(6)15/h4-5H,1-3H3,(H,14,15)(H,16,17). The quantitative estimate of drug-likeness (QED) is 0.877. The van der Waals surface area contributed by atoms with Crippen LogP contribution in [-0.2, 0) is 0 Å². The van der Waals surface area contributed by atoms with Crippen LogP contribution in [0, 0.1) is 6.92 Å².